The number of benzene rings is 1. The Morgan fingerprint density at radius 1 is 1.14 bits per heavy atom. The molecule has 2 aliphatic rings. The zero-order valence-electron chi connectivity index (χ0n) is 12.4. The molecule has 0 bridgehead atoms. The van der Waals surface area contributed by atoms with E-state index < -0.39 is 0 Å². The minimum atomic E-state index is -0.0189. The van der Waals surface area contributed by atoms with Gasteiger partial charge in [-0.3, -0.25) is 9.59 Å². The van der Waals surface area contributed by atoms with E-state index in [9.17, 15) is 9.59 Å². The molecule has 2 amide bonds. The Morgan fingerprint density at radius 2 is 1.86 bits per heavy atom. The lowest BCUT2D eigenvalue weighted by Crippen LogP contribution is -2.44. The Bertz CT molecular complexity index is 582. The Morgan fingerprint density at radius 3 is 2.59 bits per heavy atom. The number of thioether (sulfide) groups is 1. The molecule has 1 fully saturated rings. The number of carbonyl (C=O) groups is 2. The summed E-state index contributed by atoms with van der Waals surface area (Å²) in [5.74, 6) is 1.93. The molecule has 0 atom stereocenters. The van der Waals surface area contributed by atoms with Crippen molar-refractivity contribution in [3.05, 3.63) is 35.9 Å². The molecule has 2 aliphatic heterocycles. The molecular formula is C16H19N3O2S. The number of rotatable bonds is 3. The van der Waals surface area contributed by atoms with Gasteiger partial charge in [0.2, 0.25) is 5.91 Å². The summed E-state index contributed by atoms with van der Waals surface area (Å²) in [5, 5.41) is 5.77. The molecule has 0 N–H and O–H groups in total. The summed E-state index contributed by atoms with van der Waals surface area (Å²) in [6, 6.07) is 9.73. The van der Waals surface area contributed by atoms with Crippen LogP contribution in [0.25, 0.3) is 0 Å². The molecule has 1 saturated heterocycles. The number of hydrogen-bond acceptors (Lipinski definition) is 4. The molecule has 3 rings (SSSR count). The van der Waals surface area contributed by atoms with Crippen LogP contribution < -0.4 is 0 Å². The van der Waals surface area contributed by atoms with Crippen molar-refractivity contribution in [1.29, 1.82) is 0 Å². The van der Waals surface area contributed by atoms with E-state index in [-0.39, 0.29) is 11.8 Å². The Kier molecular flexibility index (Phi) is 4.77. The molecule has 2 heterocycles. The average molecular weight is 317 g/mol. The van der Waals surface area contributed by atoms with E-state index in [2.05, 4.69) is 5.10 Å². The van der Waals surface area contributed by atoms with Crippen LogP contribution in [0.1, 0.15) is 18.4 Å². The highest BCUT2D eigenvalue weighted by Crippen LogP contribution is 2.16. The first-order valence-corrected chi connectivity index (χ1v) is 8.68. The van der Waals surface area contributed by atoms with Crippen LogP contribution in [0.15, 0.2) is 35.4 Å². The molecule has 1 aromatic rings. The number of nitrogens with zero attached hydrogens (tertiary/aromatic N) is 3. The van der Waals surface area contributed by atoms with Crippen LogP contribution in [0.5, 0.6) is 0 Å². The van der Waals surface area contributed by atoms with Gasteiger partial charge in [-0.05, 0) is 5.56 Å². The second-order valence-electron chi connectivity index (χ2n) is 5.39. The Balaban J connectivity index is 1.72. The van der Waals surface area contributed by atoms with Gasteiger partial charge in [-0.2, -0.15) is 16.9 Å². The van der Waals surface area contributed by atoms with Gasteiger partial charge >= 0.3 is 0 Å². The second-order valence-corrected chi connectivity index (χ2v) is 6.61. The van der Waals surface area contributed by atoms with Gasteiger partial charge in [0.1, 0.15) is 5.71 Å². The lowest BCUT2D eigenvalue weighted by molar-refractivity contribution is -0.132. The van der Waals surface area contributed by atoms with Crippen molar-refractivity contribution in [2.75, 3.05) is 24.6 Å². The highest BCUT2D eigenvalue weighted by molar-refractivity contribution is 7.99. The van der Waals surface area contributed by atoms with Crippen LogP contribution in [0.3, 0.4) is 0 Å². The highest BCUT2D eigenvalue weighted by Gasteiger charge is 2.28. The van der Waals surface area contributed by atoms with Crippen molar-refractivity contribution in [1.82, 2.24) is 9.91 Å². The summed E-state index contributed by atoms with van der Waals surface area (Å²) in [6.07, 6.45) is 0.812. The number of hydrogen-bond donors (Lipinski definition) is 0. The third kappa shape index (κ3) is 3.50. The molecule has 0 radical (unpaired) electrons. The van der Waals surface area contributed by atoms with E-state index in [1.54, 1.807) is 0 Å². The van der Waals surface area contributed by atoms with Gasteiger partial charge in [-0.15, -0.1) is 0 Å². The van der Waals surface area contributed by atoms with E-state index in [4.69, 9.17) is 0 Å². The summed E-state index contributed by atoms with van der Waals surface area (Å²) < 4.78 is 0. The molecule has 22 heavy (non-hydrogen) atoms. The van der Waals surface area contributed by atoms with Gasteiger partial charge in [0.25, 0.3) is 5.91 Å². The van der Waals surface area contributed by atoms with Gasteiger partial charge in [0.15, 0.2) is 0 Å². The van der Waals surface area contributed by atoms with Crippen molar-refractivity contribution in [2.45, 2.75) is 19.4 Å². The Hall–Kier alpha value is -1.82. The maximum atomic E-state index is 12.5. The fraction of sp³-hybridized carbons (Fsp3) is 0.438. The van der Waals surface area contributed by atoms with Crippen molar-refractivity contribution in [3.8, 4) is 0 Å². The van der Waals surface area contributed by atoms with Crippen molar-refractivity contribution in [2.24, 2.45) is 5.10 Å². The van der Waals surface area contributed by atoms with Crippen LogP contribution in [-0.2, 0) is 16.1 Å². The smallest absolute Gasteiger partial charge is 0.270 e. The van der Waals surface area contributed by atoms with E-state index in [1.807, 2.05) is 47.0 Å². The molecule has 0 aromatic heterocycles. The third-order valence-electron chi connectivity index (χ3n) is 3.83. The predicted molar refractivity (Wildman–Crippen MR) is 87.6 cm³/mol. The third-order valence-corrected chi connectivity index (χ3v) is 4.77. The van der Waals surface area contributed by atoms with Crippen LogP contribution in [0.2, 0.25) is 0 Å². The molecule has 1 aromatic carbocycles. The molecule has 0 unspecified atom stereocenters. The topological polar surface area (TPSA) is 53.0 Å². The molecule has 6 heteroatoms. The molecule has 116 valence electrons. The fourth-order valence-corrected chi connectivity index (χ4v) is 3.49. The summed E-state index contributed by atoms with van der Waals surface area (Å²) >= 11 is 1.87. The largest absolute Gasteiger partial charge is 0.336 e. The standard InChI is InChI=1S/C16H19N3O2S/c20-15-7-6-14(16(21)18-8-10-22-11-9-18)17-19(15)12-13-4-2-1-3-5-13/h1-5H,6-12H2. The summed E-state index contributed by atoms with van der Waals surface area (Å²) in [7, 11) is 0. The summed E-state index contributed by atoms with van der Waals surface area (Å²) in [6.45, 7) is 1.97. The average Bonchev–Trinajstić information content (AvgIpc) is 2.58. The first kappa shape index (κ1) is 15.1. The van der Waals surface area contributed by atoms with Crippen LogP contribution in [0.4, 0.5) is 0 Å². The maximum absolute atomic E-state index is 12.5. The maximum Gasteiger partial charge on any atom is 0.270 e. The number of carbonyl (C=O) groups excluding carboxylic acids is 2. The zero-order chi connectivity index (χ0) is 15.4. The minimum absolute atomic E-state index is 0.00846. The van der Waals surface area contributed by atoms with Gasteiger partial charge < -0.3 is 4.90 Å². The van der Waals surface area contributed by atoms with E-state index >= 15 is 0 Å². The first-order chi connectivity index (χ1) is 10.7. The van der Waals surface area contributed by atoms with Crippen LogP contribution in [0, 0.1) is 0 Å². The van der Waals surface area contributed by atoms with E-state index in [0.717, 1.165) is 30.2 Å². The lowest BCUT2D eigenvalue weighted by Gasteiger charge is -2.29. The fourth-order valence-electron chi connectivity index (χ4n) is 2.58. The van der Waals surface area contributed by atoms with Gasteiger partial charge in [0, 0.05) is 37.4 Å². The monoisotopic (exact) mass is 317 g/mol. The van der Waals surface area contributed by atoms with Gasteiger partial charge in [0.05, 0.1) is 6.54 Å². The molecule has 0 spiro atoms. The summed E-state index contributed by atoms with van der Waals surface area (Å²) in [5.41, 5.74) is 1.53. The lowest BCUT2D eigenvalue weighted by atomic mass is 10.1. The molecule has 5 nitrogen and oxygen atoms in total. The van der Waals surface area contributed by atoms with E-state index in [1.165, 1.54) is 5.01 Å². The van der Waals surface area contributed by atoms with Crippen molar-refractivity contribution < 1.29 is 9.59 Å². The highest BCUT2D eigenvalue weighted by atomic mass is 32.2. The first-order valence-electron chi connectivity index (χ1n) is 7.53. The Labute approximate surface area is 134 Å². The quantitative estimate of drug-likeness (QED) is 0.853. The predicted octanol–water partition coefficient (Wildman–Crippen LogP) is 1.74. The van der Waals surface area contributed by atoms with Crippen LogP contribution in [-0.4, -0.2) is 52.0 Å². The zero-order valence-corrected chi connectivity index (χ0v) is 13.2. The minimum Gasteiger partial charge on any atom is -0.336 e. The van der Waals surface area contributed by atoms with Crippen molar-refractivity contribution >= 4 is 29.3 Å². The van der Waals surface area contributed by atoms with E-state index in [0.29, 0.717) is 25.1 Å². The molecule has 0 aliphatic carbocycles. The van der Waals surface area contributed by atoms with Crippen LogP contribution >= 0.6 is 11.8 Å². The van der Waals surface area contributed by atoms with Gasteiger partial charge in [-0.1, -0.05) is 30.3 Å². The molecular weight excluding hydrogens is 298 g/mol. The molecule has 0 saturated carbocycles. The second kappa shape index (κ2) is 6.96. The number of amides is 2. The van der Waals surface area contributed by atoms with Crippen molar-refractivity contribution in [3.63, 3.8) is 0 Å². The summed E-state index contributed by atoms with van der Waals surface area (Å²) in [4.78, 5) is 26.4. The number of hydrazone groups is 1. The van der Waals surface area contributed by atoms with Gasteiger partial charge in [-0.25, -0.2) is 5.01 Å². The normalized spacial score (nSPS) is 19.1. The SMILES string of the molecule is O=C(C1=NN(Cc2ccccc2)C(=O)CC1)N1CCSCC1.